The Labute approximate surface area is 87.8 Å². The molecule has 1 heterocycles. The molecule has 0 bridgehead atoms. The molecule has 1 aliphatic rings. The lowest BCUT2D eigenvalue weighted by atomic mass is 10.1. The molecule has 84 valence electrons. The highest BCUT2D eigenvalue weighted by molar-refractivity contribution is 7.90. The van der Waals surface area contributed by atoms with E-state index in [9.17, 15) is 12.6 Å². The van der Waals surface area contributed by atoms with E-state index in [1.54, 1.807) is 0 Å². The summed E-state index contributed by atoms with van der Waals surface area (Å²) in [6, 6.07) is 0.356. The van der Waals surface area contributed by atoms with Crippen LogP contribution in [0.25, 0.3) is 0 Å². The topological polar surface area (TPSA) is 63.2 Å². The van der Waals surface area contributed by atoms with Crippen LogP contribution in [-0.4, -0.2) is 48.7 Å². The Morgan fingerprint density at radius 2 is 1.93 bits per heavy atom. The van der Waals surface area contributed by atoms with Crippen LogP contribution < -0.4 is 5.32 Å². The molecule has 0 radical (unpaired) electrons. The molecule has 0 atom stereocenters. The second-order valence-electron chi connectivity index (χ2n) is 3.71. The van der Waals surface area contributed by atoms with E-state index >= 15 is 0 Å². The summed E-state index contributed by atoms with van der Waals surface area (Å²) < 4.78 is 32.7. The normalized spacial score (nSPS) is 28.9. The first kappa shape index (κ1) is 12.1. The van der Waals surface area contributed by atoms with Crippen LogP contribution in [-0.2, 0) is 20.6 Å². The number of rotatable bonds is 4. The predicted octanol–water partition coefficient (Wildman–Crippen LogP) is -0.468. The molecular formula is C8H17NO3S2. The molecule has 1 aliphatic heterocycles. The summed E-state index contributed by atoms with van der Waals surface area (Å²) in [5, 5.41) is 3.19. The van der Waals surface area contributed by atoms with Crippen molar-refractivity contribution in [2.75, 3.05) is 30.1 Å². The van der Waals surface area contributed by atoms with Crippen LogP contribution in [0.15, 0.2) is 0 Å². The van der Waals surface area contributed by atoms with Crippen LogP contribution in [0, 0.1) is 0 Å². The fraction of sp³-hybridized carbons (Fsp3) is 1.00. The maximum absolute atomic E-state index is 11.0. The van der Waals surface area contributed by atoms with Gasteiger partial charge in [0.25, 0.3) is 0 Å². The van der Waals surface area contributed by atoms with E-state index in [4.69, 9.17) is 0 Å². The molecule has 0 amide bonds. The van der Waals surface area contributed by atoms with E-state index in [2.05, 4.69) is 5.32 Å². The predicted molar refractivity (Wildman–Crippen MR) is 58.6 cm³/mol. The zero-order chi connectivity index (χ0) is 10.6. The van der Waals surface area contributed by atoms with Gasteiger partial charge in [0.15, 0.2) is 0 Å². The first-order valence-corrected chi connectivity index (χ1v) is 8.28. The van der Waals surface area contributed by atoms with E-state index in [1.165, 1.54) is 6.26 Å². The maximum atomic E-state index is 11.0. The summed E-state index contributed by atoms with van der Waals surface area (Å²) >= 11 is 0. The van der Waals surface area contributed by atoms with Crippen molar-refractivity contribution < 1.29 is 12.6 Å². The third-order valence-electron chi connectivity index (χ3n) is 2.29. The second-order valence-corrected chi connectivity index (χ2v) is 7.66. The molecule has 0 saturated carbocycles. The molecule has 0 aromatic carbocycles. The van der Waals surface area contributed by atoms with Gasteiger partial charge in [0.05, 0.1) is 5.75 Å². The van der Waals surface area contributed by atoms with Gasteiger partial charge in [-0.15, -0.1) is 0 Å². The van der Waals surface area contributed by atoms with Gasteiger partial charge in [0.2, 0.25) is 0 Å². The van der Waals surface area contributed by atoms with Gasteiger partial charge in [-0.1, -0.05) is 0 Å². The molecule has 14 heavy (non-hydrogen) atoms. The molecule has 1 rings (SSSR count). The molecule has 1 N–H and O–H groups in total. The monoisotopic (exact) mass is 239 g/mol. The van der Waals surface area contributed by atoms with Crippen LogP contribution in [0.5, 0.6) is 0 Å². The highest BCUT2D eigenvalue weighted by atomic mass is 32.2. The molecule has 1 saturated heterocycles. The number of hydrogen-bond acceptors (Lipinski definition) is 4. The molecule has 0 spiro atoms. The summed E-state index contributed by atoms with van der Waals surface area (Å²) in [6.45, 7) is 0.510. The lowest BCUT2D eigenvalue weighted by Crippen LogP contribution is -2.38. The molecule has 1 fully saturated rings. The number of hydrogen-bond donors (Lipinski definition) is 1. The van der Waals surface area contributed by atoms with Gasteiger partial charge >= 0.3 is 0 Å². The summed E-state index contributed by atoms with van der Waals surface area (Å²) in [5.41, 5.74) is 0. The van der Waals surface area contributed by atoms with Gasteiger partial charge in [-0.3, -0.25) is 4.21 Å². The molecule has 0 aliphatic carbocycles. The Morgan fingerprint density at radius 1 is 1.36 bits per heavy atom. The van der Waals surface area contributed by atoms with Crippen molar-refractivity contribution >= 4 is 20.6 Å². The lowest BCUT2D eigenvalue weighted by Gasteiger charge is -2.22. The molecule has 6 heteroatoms. The van der Waals surface area contributed by atoms with Crippen molar-refractivity contribution in [2.45, 2.75) is 18.9 Å². The smallest absolute Gasteiger partial charge is 0.148 e. The highest BCUT2D eigenvalue weighted by Crippen LogP contribution is 2.08. The average Bonchev–Trinajstić information content (AvgIpc) is 2.06. The van der Waals surface area contributed by atoms with Gasteiger partial charge in [0.1, 0.15) is 9.84 Å². The Bertz CT molecular complexity index is 290. The van der Waals surface area contributed by atoms with Crippen molar-refractivity contribution in [2.24, 2.45) is 0 Å². The minimum Gasteiger partial charge on any atom is -0.313 e. The van der Waals surface area contributed by atoms with Crippen LogP contribution >= 0.6 is 0 Å². The minimum atomic E-state index is -2.86. The van der Waals surface area contributed by atoms with Crippen molar-refractivity contribution in [1.29, 1.82) is 0 Å². The number of sulfone groups is 1. The Kier molecular flexibility index (Phi) is 4.53. The molecule has 0 aromatic rings. The van der Waals surface area contributed by atoms with Crippen LogP contribution in [0.1, 0.15) is 12.8 Å². The van der Waals surface area contributed by atoms with Gasteiger partial charge in [-0.2, -0.15) is 0 Å². The van der Waals surface area contributed by atoms with E-state index in [1.807, 2.05) is 0 Å². The first-order valence-electron chi connectivity index (χ1n) is 4.73. The Balaban J connectivity index is 2.17. The van der Waals surface area contributed by atoms with Crippen LogP contribution in [0.2, 0.25) is 0 Å². The Hall–Kier alpha value is 0.0600. The van der Waals surface area contributed by atoms with Gasteiger partial charge < -0.3 is 5.32 Å². The third kappa shape index (κ3) is 5.07. The lowest BCUT2D eigenvalue weighted by molar-refractivity contribution is 0.488. The molecule has 0 aromatic heterocycles. The van der Waals surface area contributed by atoms with Crippen molar-refractivity contribution in [3.8, 4) is 0 Å². The molecule has 4 nitrogen and oxygen atoms in total. The summed E-state index contributed by atoms with van der Waals surface area (Å²) in [4.78, 5) is 0. The Morgan fingerprint density at radius 3 is 2.43 bits per heavy atom. The van der Waals surface area contributed by atoms with Crippen LogP contribution in [0.3, 0.4) is 0 Å². The highest BCUT2D eigenvalue weighted by Gasteiger charge is 2.17. The van der Waals surface area contributed by atoms with Gasteiger partial charge in [-0.25, -0.2) is 8.42 Å². The summed E-state index contributed by atoms with van der Waals surface area (Å²) in [7, 11) is -3.50. The molecule has 0 unspecified atom stereocenters. The quantitative estimate of drug-likeness (QED) is 0.720. The largest absolute Gasteiger partial charge is 0.313 e. The zero-order valence-corrected chi connectivity index (χ0v) is 9.99. The van der Waals surface area contributed by atoms with Gasteiger partial charge in [0, 0.05) is 41.1 Å². The van der Waals surface area contributed by atoms with E-state index in [-0.39, 0.29) is 5.75 Å². The van der Waals surface area contributed by atoms with Crippen molar-refractivity contribution in [3.63, 3.8) is 0 Å². The van der Waals surface area contributed by atoms with E-state index < -0.39 is 20.6 Å². The van der Waals surface area contributed by atoms with Crippen molar-refractivity contribution in [1.82, 2.24) is 5.32 Å². The maximum Gasteiger partial charge on any atom is 0.148 e. The van der Waals surface area contributed by atoms with Gasteiger partial charge in [-0.05, 0) is 12.8 Å². The fourth-order valence-electron chi connectivity index (χ4n) is 1.45. The third-order valence-corrected chi connectivity index (χ3v) is 4.62. The average molecular weight is 239 g/mol. The van der Waals surface area contributed by atoms with E-state index in [0.29, 0.717) is 12.6 Å². The first-order chi connectivity index (χ1) is 6.47. The number of nitrogens with one attached hydrogen (secondary N) is 1. The standard InChI is InChI=1S/C8H17NO3S2/c1-14(11,12)7-4-9-8-2-5-13(10)6-3-8/h8-9H,2-7H2,1H3. The van der Waals surface area contributed by atoms with Crippen LogP contribution in [0.4, 0.5) is 0 Å². The minimum absolute atomic E-state index is 0.187. The zero-order valence-electron chi connectivity index (χ0n) is 8.36. The second kappa shape index (κ2) is 5.23. The van der Waals surface area contributed by atoms with Crippen molar-refractivity contribution in [3.05, 3.63) is 0 Å². The van der Waals surface area contributed by atoms with E-state index in [0.717, 1.165) is 24.3 Å². The SMILES string of the molecule is CS(=O)(=O)CCNC1CCS(=O)CC1. The molecular weight excluding hydrogens is 222 g/mol. The summed E-state index contributed by atoms with van der Waals surface area (Å²) in [6.07, 6.45) is 3.04. The fourth-order valence-corrected chi connectivity index (χ4v) is 3.23. The summed E-state index contributed by atoms with van der Waals surface area (Å²) in [5.74, 6) is 1.68.